The van der Waals surface area contributed by atoms with E-state index in [9.17, 15) is 13.2 Å². The number of hydrogen-bond acceptors (Lipinski definition) is 6. The normalized spacial score (nSPS) is 22.9. The number of aryl methyl sites for hydroxylation is 2. The third-order valence-corrected chi connectivity index (χ3v) is 7.65. The third kappa shape index (κ3) is 3.59. The average Bonchev–Trinajstić information content (AvgIpc) is 3.30. The Balaban J connectivity index is 1.36. The molecule has 0 bridgehead atoms. The number of fused-ring (bicyclic) bond motifs is 2. The van der Waals surface area contributed by atoms with E-state index >= 15 is 0 Å². The number of amides is 1. The molecule has 0 saturated carbocycles. The summed E-state index contributed by atoms with van der Waals surface area (Å²) in [5, 5.41) is 3.23. The van der Waals surface area contributed by atoms with E-state index in [2.05, 4.69) is 27.4 Å². The first kappa shape index (κ1) is 19.2. The summed E-state index contributed by atoms with van der Waals surface area (Å²) in [5.74, 6) is -0.0816. The van der Waals surface area contributed by atoms with E-state index in [-0.39, 0.29) is 29.5 Å². The Morgan fingerprint density at radius 1 is 1.17 bits per heavy atom. The molecule has 1 amide bonds. The summed E-state index contributed by atoms with van der Waals surface area (Å²) in [7, 11) is -3.13. The van der Waals surface area contributed by atoms with E-state index in [4.69, 9.17) is 0 Å². The Bertz CT molecular complexity index is 1190. The topological polar surface area (TPSA) is 97.2 Å². The predicted molar refractivity (Wildman–Crippen MR) is 113 cm³/mol. The van der Waals surface area contributed by atoms with E-state index < -0.39 is 9.84 Å². The van der Waals surface area contributed by atoms with Crippen LogP contribution in [0, 0.1) is 0 Å². The van der Waals surface area contributed by atoms with Crippen molar-refractivity contribution in [3.05, 3.63) is 60.0 Å². The Morgan fingerprint density at radius 2 is 2.00 bits per heavy atom. The minimum Gasteiger partial charge on any atom is -0.332 e. The highest BCUT2D eigenvalue weighted by molar-refractivity contribution is 7.91. The number of rotatable bonds is 4. The minimum absolute atomic E-state index is 0.0141. The number of imidazole rings is 1. The first-order valence-corrected chi connectivity index (χ1v) is 11.9. The molecule has 2 aromatic heterocycles. The van der Waals surface area contributed by atoms with Gasteiger partial charge in [-0.1, -0.05) is 30.3 Å². The summed E-state index contributed by atoms with van der Waals surface area (Å²) in [5.41, 5.74) is 3.09. The van der Waals surface area contributed by atoms with Gasteiger partial charge in [0.1, 0.15) is 5.52 Å². The number of nitrogens with one attached hydrogen (secondary N) is 1. The van der Waals surface area contributed by atoms with Crippen molar-refractivity contribution in [3.63, 3.8) is 0 Å². The number of carbonyl (C=O) groups excluding carboxylic acids is 1. The predicted octanol–water partition coefficient (Wildman–Crippen LogP) is 0.885. The molecule has 1 N–H and O–H groups in total. The van der Waals surface area contributed by atoms with Crippen LogP contribution in [0.1, 0.15) is 15.9 Å². The van der Waals surface area contributed by atoms with Crippen LogP contribution >= 0.6 is 0 Å². The number of pyridine rings is 1. The van der Waals surface area contributed by atoms with Crippen molar-refractivity contribution in [2.24, 2.45) is 0 Å². The standard InChI is InChI=1S/C21H23N5O3S/c27-21(26-9-7-22-18-12-30(28,29)13-19(18)26)16-10-17-20(23-11-16)25(14-24-17)8-6-15-4-2-1-3-5-15/h1-5,10-11,14,18-19,22H,6-9,12-13H2/t18-,19+/m0/s1. The molecule has 2 fully saturated rings. The fraction of sp³-hybridized carbons (Fsp3) is 0.381. The van der Waals surface area contributed by atoms with Gasteiger partial charge in [-0.3, -0.25) is 4.79 Å². The molecule has 0 unspecified atom stereocenters. The Morgan fingerprint density at radius 3 is 2.83 bits per heavy atom. The molecule has 5 rings (SSSR count). The molecule has 1 aromatic carbocycles. The van der Waals surface area contributed by atoms with Crippen molar-refractivity contribution in [2.45, 2.75) is 25.0 Å². The zero-order chi connectivity index (χ0) is 20.7. The molecule has 30 heavy (non-hydrogen) atoms. The van der Waals surface area contributed by atoms with Gasteiger partial charge in [-0.2, -0.15) is 0 Å². The van der Waals surface area contributed by atoms with Gasteiger partial charge in [0, 0.05) is 31.9 Å². The monoisotopic (exact) mass is 425 g/mol. The van der Waals surface area contributed by atoms with Crippen molar-refractivity contribution in [3.8, 4) is 0 Å². The first-order valence-electron chi connectivity index (χ1n) is 10.1. The molecule has 0 aliphatic carbocycles. The number of piperazine rings is 1. The summed E-state index contributed by atoms with van der Waals surface area (Å²) in [4.78, 5) is 23.8. The van der Waals surface area contributed by atoms with Crippen molar-refractivity contribution < 1.29 is 13.2 Å². The van der Waals surface area contributed by atoms with Crippen molar-refractivity contribution in [1.82, 2.24) is 24.8 Å². The Kier molecular flexibility index (Phi) is 4.79. The molecule has 2 aliphatic rings. The van der Waals surface area contributed by atoms with Gasteiger partial charge in [0.05, 0.1) is 29.4 Å². The summed E-state index contributed by atoms with van der Waals surface area (Å²) in [6.07, 6.45) is 4.19. The Labute approximate surface area is 174 Å². The second-order valence-corrected chi connectivity index (χ2v) is 10.1. The third-order valence-electron chi connectivity index (χ3n) is 5.93. The summed E-state index contributed by atoms with van der Waals surface area (Å²) < 4.78 is 26.1. The van der Waals surface area contributed by atoms with Crippen LogP contribution in [0.2, 0.25) is 0 Å². The van der Waals surface area contributed by atoms with Crippen LogP contribution in [-0.4, -0.2) is 70.4 Å². The molecule has 156 valence electrons. The molecule has 2 atom stereocenters. The molecule has 9 heteroatoms. The molecule has 8 nitrogen and oxygen atoms in total. The number of nitrogens with zero attached hydrogens (tertiary/aromatic N) is 4. The second-order valence-electron chi connectivity index (χ2n) is 7.94. The number of carbonyl (C=O) groups is 1. The molecule has 4 heterocycles. The largest absolute Gasteiger partial charge is 0.332 e. The van der Waals surface area contributed by atoms with E-state index in [0.717, 1.165) is 18.6 Å². The van der Waals surface area contributed by atoms with Gasteiger partial charge in [-0.05, 0) is 18.1 Å². The lowest BCUT2D eigenvalue weighted by molar-refractivity contribution is 0.0621. The van der Waals surface area contributed by atoms with Gasteiger partial charge >= 0.3 is 0 Å². The maximum absolute atomic E-state index is 13.1. The smallest absolute Gasteiger partial charge is 0.255 e. The molecule has 2 aliphatic heterocycles. The number of aromatic nitrogens is 3. The van der Waals surface area contributed by atoms with Gasteiger partial charge in [0.25, 0.3) is 5.91 Å². The maximum atomic E-state index is 13.1. The lowest BCUT2D eigenvalue weighted by Crippen LogP contribution is -2.59. The van der Waals surface area contributed by atoms with Gasteiger partial charge in [0.2, 0.25) is 0 Å². The highest BCUT2D eigenvalue weighted by Crippen LogP contribution is 2.24. The van der Waals surface area contributed by atoms with Gasteiger partial charge in [-0.15, -0.1) is 0 Å². The minimum atomic E-state index is -3.13. The summed E-state index contributed by atoms with van der Waals surface area (Å²) in [6.45, 7) is 1.82. The van der Waals surface area contributed by atoms with E-state index in [1.165, 1.54) is 5.56 Å². The zero-order valence-electron chi connectivity index (χ0n) is 16.4. The van der Waals surface area contributed by atoms with E-state index in [1.54, 1.807) is 23.5 Å². The fourth-order valence-corrected chi connectivity index (χ4v) is 6.36. The molecule has 0 radical (unpaired) electrons. The molecular weight excluding hydrogens is 402 g/mol. The lowest BCUT2D eigenvalue weighted by atomic mass is 10.1. The second kappa shape index (κ2) is 7.48. The van der Waals surface area contributed by atoms with Gasteiger partial charge in [-0.25, -0.2) is 18.4 Å². The maximum Gasteiger partial charge on any atom is 0.255 e. The SMILES string of the molecule is O=C(c1cnc2c(c1)ncn2CCc1ccccc1)N1CCN[C@H]2CS(=O)(=O)C[C@H]21. The Hall–Kier alpha value is -2.78. The van der Waals surface area contributed by atoms with Crippen molar-refractivity contribution >= 4 is 26.9 Å². The molecule has 2 saturated heterocycles. The lowest BCUT2D eigenvalue weighted by Gasteiger charge is -2.37. The number of hydrogen-bond donors (Lipinski definition) is 1. The quantitative estimate of drug-likeness (QED) is 0.667. The molecule has 0 spiro atoms. The fourth-order valence-electron chi connectivity index (χ4n) is 4.41. The van der Waals surface area contributed by atoms with Gasteiger partial charge < -0.3 is 14.8 Å². The number of sulfone groups is 1. The van der Waals surface area contributed by atoms with Crippen LogP contribution in [0.25, 0.3) is 11.2 Å². The molecular formula is C21H23N5O3S. The number of benzene rings is 1. The van der Waals surface area contributed by atoms with E-state index in [0.29, 0.717) is 24.2 Å². The summed E-state index contributed by atoms with van der Waals surface area (Å²) in [6, 6.07) is 11.5. The van der Waals surface area contributed by atoms with Gasteiger partial charge in [0.15, 0.2) is 15.5 Å². The van der Waals surface area contributed by atoms with Crippen molar-refractivity contribution in [2.75, 3.05) is 24.6 Å². The van der Waals surface area contributed by atoms with Crippen molar-refractivity contribution in [1.29, 1.82) is 0 Å². The average molecular weight is 426 g/mol. The van der Waals surface area contributed by atoms with Crippen LogP contribution in [0.4, 0.5) is 0 Å². The van der Waals surface area contributed by atoms with Crippen LogP contribution in [-0.2, 0) is 22.8 Å². The molecule has 3 aromatic rings. The van der Waals surface area contributed by atoms with Crippen LogP contribution in [0.3, 0.4) is 0 Å². The van der Waals surface area contributed by atoms with E-state index in [1.807, 2.05) is 22.8 Å². The highest BCUT2D eigenvalue weighted by Gasteiger charge is 2.44. The van der Waals surface area contributed by atoms with Crippen LogP contribution in [0.5, 0.6) is 0 Å². The highest BCUT2D eigenvalue weighted by atomic mass is 32.2. The van der Waals surface area contributed by atoms with Crippen LogP contribution in [0.15, 0.2) is 48.9 Å². The summed E-state index contributed by atoms with van der Waals surface area (Å²) >= 11 is 0. The van der Waals surface area contributed by atoms with Crippen LogP contribution < -0.4 is 5.32 Å². The first-order chi connectivity index (χ1) is 14.5. The zero-order valence-corrected chi connectivity index (χ0v) is 17.3.